The van der Waals surface area contributed by atoms with Gasteiger partial charge in [-0.3, -0.25) is 19.0 Å². The lowest BCUT2D eigenvalue weighted by Crippen LogP contribution is -2.36. The summed E-state index contributed by atoms with van der Waals surface area (Å²) in [6.07, 6.45) is 1.53. The lowest BCUT2D eigenvalue weighted by atomic mass is 10.1. The van der Waals surface area contributed by atoms with Crippen LogP contribution >= 0.6 is 0 Å². The lowest BCUT2D eigenvalue weighted by Gasteiger charge is -2.19. The van der Waals surface area contributed by atoms with Crippen molar-refractivity contribution in [2.75, 3.05) is 12.3 Å². The SMILES string of the molecule is CCCCOC(=O)CC[C@@H](C(N)=O)n1c(C)nc2cc(F)cc(N)c2c1=O. The summed E-state index contributed by atoms with van der Waals surface area (Å²) in [5.41, 5.74) is 10.6. The molecule has 1 aromatic carbocycles. The van der Waals surface area contributed by atoms with E-state index in [1.165, 1.54) is 6.92 Å². The van der Waals surface area contributed by atoms with Crippen LogP contribution in [0, 0.1) is 12.7 Å². The van der Waals surface area contributed by atoms with E-state index in [0.717, 1.165) is 29.5 Å². The van der Waals surface area contributed by atoms with Crippen LogP contribution < -0.4 is 17.0 Å². The monoisotopic (exact) mass is 378 g/mol. The molecule has 0 bridgehead atoms. The van der Waals surface area contributed by atoms with E-state index in [4.69, 9.17) is 16.2 Å². The van der Waals surface area contributed by atoms with Gasteiger partial charge in [0.25, 0.3) is 5.56 Å². The molecule has 1 aromatic heterocycles. The van der Waals surface area contributed by atoms with E-state index >= 15 is 0 Å². The normalized spacial score (nSPS) is 12.1. The second kappa shape index (κ2) is 8.61. The summed E-state index contributed by atoms with van der Waals surface area (Å²) >= 11 is 0. The maximum Gasteiger partial charge on any atom is 0.305 e. The molecule has 146 valence electrons. The number of hydrogen-bond donors (Lipinski definition) is 2. The predicted molar refractivity (Wildman–Crippen MR) is 98.4 cm³/mol. The summed E-state index contributed by atoms with van der Waals surface area (Å²) in [6, 6.07) is 1.00. The number of nitrogens with two attached hydrogens (primary N) is 2. The summed E-state index contributed by atoms with van der Waals surface area (Å²) in [6.45, 7) is 3.77. The van der Waals surface area contributed by atoms with Crippen LogP contribution in [0.3, 0.4) is 0 Å². The first kappa shape index (κ1) is 20.3. The van der Waals surface area contributed by atoms with Gasteiger partial charge in [0.1, 0.15) is 17.7 Å². The number of halogens is 1. The van der Waals surface area contributed by atoms with Crippen molar-refractivity contribution in [2.24, 2.45) is 5.73 Å². The first-order valence-electron chi connectivity index (χ1n) is 8.69. The molecule has 0 aliphatic carbocycles. The smallest absolute Gasteiger partial charge is 0.305 e. The molecule has 0 saturated heterocycles. The number of amides is 1. The van der Waals surface area contributed by atoms with Crippen LogP contribution in [0.5, 0.6) is 0 Å². The summed E-state index contributed by atoms with van der Waals surface area (Å²) in [5.74, 6) is -1.72. The minimum Gasteiger partial charge on any atom is -0.466 e. The maximum atomic E-state index is 13.5. The maximum absolute atomic E-state index is 13.5. The van der Waals surface area contributed by atoms with E-state index in [2.05, 4.69) is 4.98 Å². The van der Waals surface area contributed by atoms with Gasteiger partial charge < -0.3 is 16.2 Å². The van der Waals surface area contributed by atoms with Crippen LogP contribution in [-0.4, -0.2) is 28.0 Å². The van der Waals surface area contributed by atoms with Crippen molar-refractivity contribution < 1.29 is 18.7 Å². The molecular weight excluding hydrogens is 355 g/mol. The number of nitrogen functional groups attached to an aromatic ring is 1. The Hall–Kier alpha value is -2.97. The van der Waals surface area contributed by atoms with Gasteiger partial charge in [0, 0.05) is 18.2 Å². The van der Waals surface area contributed by atoms with Gasteiger partial charge >= 0.3 is 5.97 Å². The molecule has 0 radical (unpaired) electrons. The fourth-order valence-electron chi connectivity index (χ4n) is 2.85. The third-order valence-corrected chi connectivity index (χ3v) is 4.20. The van der Waals surface area contributed by atoms with Crippen molar-refractivity contribution >= 4 is 28.5 Å². The molecule has 4 N–H and O–H groups in total. The standard InChI is InChI=1S/C18H23FN4O4/c1-3-4-7-27-15(24)6-5-14(17(21)25)23-10(2)22-13-9-11(19)8-12(20)16(13)18(23)26/h8-9,14H,3-7,20H2,1-2H3,(H2,21,25)/t14-/m0/s1. The summed E-state index contributed by atoms with van der Waals surface area (Å²) in [4.78, 5) is 40.8. The summed E-state index contributed by atoms with van der Waals surface area (Å²) in [5, 5.41) is -0.00114. The Bertz CT molecular complexity index is 926. The number of aromatic nitrogens is 2. The molecule has 0 spiro atoms. The molecule has 1 atom stereocenters. The molecule has 2 rings (SSSR count). The molecule has 0 aliphatic rings. The fraction of sp³-hybridized carbons (Fsp3) is 0.444. The third kappa shape index (κ3) is 4.60. The van der Waals surface area contributed by atoms with Gasteiger partial charge in [-0.25, -0.2) is 9.37 Å². The molecule has 27 heavy (non-hydrogen) atoms. The third-order valence-electron chi connectivity index (χ3n) is 4.20. The molecule has 8 nitrogen and oxygen atoms in total. The Morgan fingerprint density at radius 1 is 1.37 bits per heavy atom. The zero-order chi connectivity index (χ0) is 20.1. The zero-order valence-corrected chi connectivity index (χ0v) is 15.3. The van der Waals surface area contributed by atoms with Crippen LogP contribution in [0.4, 0.5) is 10.1 Å². The lowest BCUT2D eigenvalue weighted by molar-refractivity contribution is -0.144. The number of primary amides is 1. The van der Waals surface area contributed by atoms with Crippen molar-refractivity contribution in [3.8, 4) is 0 Å². The number of rotatable bonds is 8. The van der Waals surface area contributed by atoms with Gasteiger partial charge in [-0.15, -0.1) is 0 Å². The van der Waals surface area contributed by atoms with Crippen LogP contribution in [0.1, 0.15) is 44.5 Å². The molecule has 0 saturated carbocycles. The number of hydrogen-bond acceptors (Lipinski definition) is 6. The Labute approximate surface area is 155 Å². The van der Waals surface area contributed by atoms with Gasteiger partial charge in [-0.05, 0) is 25.8 Å². The number of ether oxygens (including phenoxy) is 1. The van der Waals surface area contributed by atoms with Crippen molar-refractivity contribution in [2.45, 2.75) is 45.6 Å². The van der Waals surface area contributed by atoms with Gasteiger partial charge in [-0.2, -0.15) is 0 Å². The predicted octanol–water partition coefficient (Wildman–Crippen LogP) is 1.58. The number of esters is 1. The number of aryl methyl sites for hydroxylation is 1. The second-order valence-electron chi connectivity index (χ2n) is 6.25. The van der Waals surface area contributed by atoms with E-state index < -0.39 is 29.3 Å². The minimum absolute atomic E-state index is 0.00114. The van der Waals surface area contributed by atoms with Gasteiger partial charge in [0.2, 0.25) is 5.91 Å². The summed E-state index contributed by atoms with van der Waals surface area (Å²) < 4.78 is 19.7. The van der Waals surface area contributed by atoms with Gasteiger partial charge in [0.05, 0.1) is 17.5 Å². The molecule has 1 amide bonds. The van der Waals surface area contributed by atoms with E-state index in [0.29, 0.717) is 6.61 Å². The Morgan fingerprint density at radius 2 is 2.07 bits per heavy atom. The minimum atomic E-state index is -1.10. The highest BCUT2D eigenvalue weighted by molar-refractivity contribution is 5.90. The molecule has 2 aromatic rings. The second-order valence-corrected chi connectivity index (χ2v) is 6.25. The van der Waals surface area contributed by atoms with Crippen LogP contribution in [0.25, 0.3) is 10.9 Å². The number of benzene rings is 1. The number of nitrogens with zero attached hydrogens (tertiary/aromatic N) is 2. The highest BCUT2D eigenvalue weighted by Crippen LogP contribution is 2.21. The van der Waals surface area contributed by atoms with Crippen molar-refractivity contribution in [1.29, 1.82) is 0 Å². The van der Waals surface area contributed by atoms with Gasteiger partial charge in [0.15, 0.2) is 0 Å². The molecule has 1 heterocycles. The van der Waals surface area contributed by atoms with Crippen LogP contribution in [0.2, 0.25) is 0 Å². The number of fused-ring (bicyclic) bond motifs is 1. The van der Waals surface area contributed by atoms with E-state index in [-0.39, 0.29) is 35.3 Å². The van der Waals surface area contributed by atoms with E-state index in [9.17, 15) is 18.8 Å². The largest absolute Gasteiger partial charge is 0.466 e. The fourth-order valence-corrected chi connectivity index (χ4v) is 2.85. The average molecular weight is 378 g/mol. The zero-order valence-electron chi connectivity index (χ0n) is 15.3. The summed E-state index contributed by atoms with van der Waals surface area (Å²) in [7, 11) is 0. The first-order valence-corrected chi connectivity index (χ1v) is 8.69. The molecule has 9 heteroatoms. The van der Waals surface area contributed by atoms with Gasteiger partial charge in [-0.1, -0.05) is 13.3 Å². The Morgan fingerprint density at radius 3 is 2.70 bits per heavy atom. The number of unbranched alkanes of at least 4 members (excludes halogenated alkanes) is 1. The molecular formula is C18H23FN4O4. The molecule has 0 aliphatic heterocycles. The Kier molecular flexibility index (Phi) is 6.49. The Balaban J connectivity index is 2.37. The first-order chi connectivity index (χ1) is 12.8. The van der Waals surface area contributed by atoms with E-state index in [1.807, 2.05) is 6.92 Å². The van der Waals surface area contributed by atoms with Crippen LogP contribution in [0.15, 0.2) is 16.9 Å². The number of carbonyl (C=O) groups excluding carboxylic acids is 2. The van der Waals surface area contributed by atoms with Crippen molar-refractivity contribution in [3.05, 3.63) is 34.1 Å². The number of carbonyl (C=O) groups is 2. The average Bonchev–Trinajstić information content (AvgIpc) is 2.56. The van der Waals surface area contributed by atoms with E-state index in [1.54, 1.807) is 0 Å². The molecule has 0 unspecified atom stereocenters. The highest BCUT2D eigenvalue weighted by Gasteiger charge is 2.24. The highest BCUT2D eigenvalue weighted by atomic mass is 19.1. The van der Waals surface area contributed by atoms with Crippen LogP contribution in [-0.2, 0) is 14.3 Å². The number of anilines is 1. The molecule has 0 fully saturated rings. The van der Waals surface area contributed by atoms with Crippen molar-refractivity contribution in [3.63, 3.8) is 0 Å². The quantitative estimate of drug-likeness (QED) is 0.407. The topological polar surface area (TPSA) is 130 Å². The van der Waals surface area contributed by atoms with Crippen molar-refractivity contribution in [1.82, 2.24) is 9.55 Å².